The van der Waals surface area contributed by atoms with Gasteiger partial charge in [0.1, 0.15) is 5.75 Å². The van der Waals surface area contributed by atoms with Gasteiger partial charge < -0.3 is 4.52 Å². The Balaban J connectivity index is 1.92. The van der Waals surface area contributed by atoms with E-state index in [4.69, 9.17) is 13.6 Å². The second-order valence-electron chi connectivity index (χ2n) is 2.84. The Morgan fingerprint density at radius 3 is 2.77 bits per heavy atom. The summed E-state index contributed by atoms with van der Waals surface area (Å²) in [5, 5.41) is 0. The molecule has 0 amide bonds. The third-order valence-corrected chi connectivity index (χ3v) is 2.86. The molecule has 1 fully saturated rings. The number of para-hydroxylation sites is 1. The van der Waals surface area contributed by atoms with Crippen LogP contribution >= 0.6 is 8.60 Å². The first-order chi connectivity index (χ1) is 6.34. The van der Waals surface area contributed by atoms with Crippen LogP contribution in [-0.2, 0) is 9.05 Å². The molecule has 0 aliphatic carbocycles. The van der Waals surface area contributed by atoms with Gasteiger partial charge in [-0.3, -0.25) is 9.05 Å². The smallest absolute Gasteiger partial charge is 0.397 e. The van der Waals surface area contributed by atoms with Gasteiger partial charge in [0.25, 0.3) is 0 Å². The molecule has 0 aromatic heterocycles. The molecular formula is C9H11O3P. The normalized spacial score (nSPS) is 27.5. The van der Waals surface area contributed by atoms with E-state index in [9.17, 15) is 0 Å². The van der Waals surface area contributed by atoms with Crippen molar-refractivity contribution in [2.75, 3.05) is 6.61 Å². The van der Waals surface area contributed by atoms with Crippen molar-refractivity contribution in [1.29, 1.82) is 0 Å². The van der Waals surface area contributed by atoms with Gasteiger partial charge in [-0.1, -0.05) is 18.2 Å². The highest BCUT2D eigenvalue weighted by atomic mass is 31.2. The first kappa shape index (κ1) is 8.95. The fourth-order valence-electron chi connectivity index (χ4n) is 0.989. The Morgan fingerprint density at radius 2 is 2.15 bits per heavy atom. The van der Waals surface area contributed by atoms with E-state index in [0.29, 0.717) is 6.61 Å². The molecule has 3 nitrogen and oxygen atoms in total. The molecule has 1 aromatic rings. The monoisotopic (exact) mass is 198 g/mol. The van der Waals surface area contributed by atoms with E-state index in [1.165, 1.54) is 0 Å². The van der Waals surface area contributed by atoms with E-state index in [2.05, 4.69) is 0 Å². The number of hydrogen-bond donors (Lipinski definition) is 0. The molecular weight excluding hydrogens is 187 g/mol. The molecule has 1 saturated heterocycles. The average molecular weight is 198 g/mol. The van der Waals surface area contributed by atoms with Crippen molar-refractivity contribution >= 4 is 8.60 Å². The van der Waals surface area contributed by atoms with Gasteiger partial charge in [-0.25, -0.2) is 0 Å². The lowest BCUT2D eigenvalue weighted by molar-refractivity contribution is 0.257. The Hall–Kier alpha value is -0.630. The van der Waals surface area contributed by atoms with Gasteiger partial charge in [0.2, 0.25) is 0 Å². The zero-order chi connectivity index (χ0) is 9.10. The standard InChI is InChI=1S/C9H11O3P/c1-8-7-10-13(11-8)12-9-5-3-2-4-6-9/h2-6,8H,7H2,1H3/t8-,13?/m0/s1. The summed E-state index contributed by atoms with van der Waals surface area (Å²) in [5.41, 5.74) is 0. The molecule has 2 rings (SSSR count). The predicted molar refractivity (Wildman–Crippen MR) is 50.5 cm³/mol. The topological polar surface area (TPSA) is 27.7 Å². The van der Waals surface area contributed by atoms with Gasteiger partial charge in [-0.05, 0) is 19.1 Å². The Labute approximate surface area is 78.6 Å². The lowest BCUT2D eigenvalue weighted by Gasteiger charge is -2.08. The van der Waals surface area contributed by atoms with Gasteiger partial charge in [0, 0.05) is 0 Å². The van der Waals surface area contributed by atoms with E-state index in [1.54, 1.807) is 0 Å². The van der Waals surface area contributed by atoms with E-state index in [-0.39, 0.29) is 6.10 Å². The highest BCUT2D eigenvalue weighted by Crippen LogP contribution is 2.46. The van der Waals surface area contributed by atoms with Crippen LogP contribution in [0.5, 0.6) is 5.75 Å². The lowest BCUT2D eigenvalue weighted by atomic mass is 10.3. The molecule has 1 heterocycles. The maximum Gasteiger partial charge on any atom is 0.397 e. The molecule has 1 aliphatic rings. The number of rotatable bonds is 2. The van der Waals surface area contributed by atoms with Crippen molar-refractivity contribution in [3.8, 4) is 5.75 Å². The van der Waals surface area contributed by atoms with Crippen molar-refractivity contribution < 1.29 is 13.6 Å². The van der Waals surface area contributed by atoms with Crippen LogP contribution in [0.1, 0.15) is 6.92 Å². The Morgan fingerprint density at radius 1 is 1.38 bits per heavy atom. The van der Waals surface area contributed by atoms with Crippen LogP contribution in [0.25, 0.3) is 0 Å². The third kappa shape index (κ3) is 2.41. The van der Waals surface area contributed by atoms with Crippen molar-refractivity contribution in [1.82, 2.24) is 0 Å². The summed E-state index contributed by atoms with van der Waals surface area (Å²) in [5.74, 6) is 0.794. The van der Waals surface area contributed by atoms with Crippen LogP contribution < -0.4 is 4.52 Å². The van der Waals surface area contributed by atoms with E-state index < -0.39 is 8.60 Å². The molecule has 13 heavy (non-hydrogen) atoms. The fourth-order valence-corrected chi connectivity index (χ4v) is 2.13. The molecule has 1 aromatic carbocycles. The van der Waals surface area contributed by atoms with Gasteiger partial charge in [-0.15, -0.1) is 0 Å². The van der Waals surface area contributed by atoms with E-state index in [1.807, 2.05) is 37.3 Å². The van der Waals surface area contributed by atoms with Crippen LogP contribution in [-0.4, -0.2) is 12.7 Å². The summed E-state index contributed by atoms with van der Waals surface area (Å²) in [6.07, 6.45) is 0.148. The SMILES string of the molecule is C[C@H]1COP(Oc2ccccc2)O1. The largest absolute Gasteiger partial charge is 0.427 e. The highest BCUT2D eigenvalue weighted by Gasteiger charge is 2.26. The molecule has 0 N–H and O–H groups in total. The van der Waals surface area contributed by atoms with Gasteiger partial charge in [-0.2, -0.15) is 0 Å². The minimum Gasteiger partial charge on any atom is -0.427 e. The summed E-state index contributed by atoms with van der Waals surface area (Å²) < 4.78 is 16.1. The minimum absolute atomic E-state index is 0.148. The van der Waals surface area contributed by atoms with Crippen molar-refractivity contribution in [3.05, 3.63) is 30.3 Å². The third-order valence-electron chi connectivity index (χ3n) is 1.60. The van der Waals surface area contributed by atoms with Crippen LogP contribution in [0.4, 0.5) is 0 Å². The van der Waals surface area contributed by atoms with Gasteiger partial charge in [0.05, 0.1) is 12.7 Å². The predicted octanol–water partition coefficient (Wildman–Crippen LogP) is 2.73. The fraction of sp³-hybridized carbons (Fsp3) is 0.333. The summed E-state index contributed by atoms with van der Waals surface area (Å²) in [6, 6.07) is 9.56. The maximum absolute atomic E-state index is 5.47. The van der Waals surface area contributed by atoms with E-state index >= 15 is 0 Å². The Bertz CT molecular complexity index is 265. The van der Waals surface area contributed by atoms with Crippen LogP contribution in [0.2, 0.25) is 0 Å². The summed E-state index contributed by atoms with van der Waals surface area (Å²) in [4.78, 5) is 0. The molecule has 0 spiro atoms. The average Bonchev–Trinajstić information content (AvgIpc) is 2.53. The van der Waals surface area contributed by atoms with Gasteiger partial charge in [0.15, 0.2) is 0 Å². The highest BCUT2D eigenvalue weighted by molar-refractivity contribution is 7.42. The number of hydrogen-bond acceptors (Lipinski definition) is 3. The molecule has 4 heteroatoms. The molecule has 0 radical (unpaired) electrons. The zero-order valence-corrected chi connectivity index (χ0v) is 8.24. The van der Waals surface area contributed by atoms with Crippen molar-refractivity contribution in [2.45, 2.75) is 13.0 Å². The Kier molecular flexibility index (Phi) is 2.79. The van der Waals surface area contributed by atoms with Crippen LogP contribution in [0.3, 0.4) is 0 Å². The minimum atomic E-state index is -1.16. The molecule has 2 atom stereocenters. The lowest BCUT2D eigenvalue weighted by Crippen LogP contribution is -2.00. The zero-order valence-electron chi connectivity index (χ0n) is 7.34. The molecule has 0 bridgehead atoms. The quantitative estimate of drug-likeness (QED) is 0.684. The van der Waals surface area contributed by atoms with Crippen molar-refractivity contribution in [2.24, 2.45) is 0 Å². The summed E-state index contributed by atoms with van der Waals surface area (Å²) in [6.45, 7) is 2.59. The molecule has 1 unspecified atom stereocenters. The van der Waals surface area contributed by atoms with Crippen LogP contribution in [0.15, 0.2) is 30.3 Å². The molecule has 0 saturated carbocycles. The first-order valence-electron chi connectivity index (χ1n) is 4.17. The second-order valence-corrected chi connectivity index (χ2v) is 3.94. The second kappa shape index (κ2) is 4.05. The number of benzene rings is 1. The van der Waals surface area contributed by atoms with Gasteiger partial charge >= 0.3 is 8.60 Å². The maximum atomic E-state index is 5.47. The molecule has 1 aliphatic heterocycles. The molecule has 70 valence electrons. The first-order valence-corrected chi connectivity index (χ1v) is 5.27. The van der Waals surface area contributed by atoms with Crippen LogP contribution in [0, 0.1) is 0 Å². The summed E-state index contributed by atoms with van der Waals surface area (Å²) >= 11 is 0. The van der Waals surface area contributed by atoms with Crippen molar-refractivity contribution in [3.63, 3.8) is 0 Å². The summed E-state index contributed by atoms with van der Waals surface area (Å²) in [7, 11) is -1.16. The van der Waals surface area contributed by atoms with E-state index in [0.717, 1.165) is 5.75 Å².